The highest BCUT2D eigenvalue weighted by Crippen LogP contribution is 2.30. The lowest BCUT2D eigenvalue weighted by Gasteiger charge is -2.11. The average Bonchev–Trinajstić information content (AvgIpc) is 3.11. The molecule has 0 aliphatic heterocycles. The Kier molecular flexibility index (Phi) is 5.00. The predicted octanol–water partition coefficient (Wildman–Crippen LogP) is 5.69. The van der Waals surface area contributed by atoms with Gasteiger partial charge in [-0.05, 0) is 23.8 Å². The highest BCUT2D eigenvalue weighted by atomic mass is 32.2. The summed E-state index contributed by atoms with van der Waals surface area (Å²) in [4.78, 5) is 17.0. The number of aromatic nitrogens is 1. The maximum absolute atomic E-state index is 12.4. The van der Waals surface area contributed by atoms with Crippen LogP contribution in [0.2, 0.25) is 0 Å². The average molecular weight is 377 g/mol. The van der Waals surface area contributed by atoms with Crippen LogP contribution in [0.5, 0.6) is 0 Å². The van der Waals surface area contributed by atoms with Crippen molar-refractivity contribution in [1.82, 2.24) is 4.98 Å². The van der Waals surface area contributed by atoms with Gasteiger partial charge in [0.15, 0.2) is 4.34 Å². The number of anilines is 1. The zero-order valence-corrected chi connectivity index (χ0v) is 15.5. The van der Waals surface area contributed by atoms with Crippen LogP contribution in [0.15, 0.2) is 83.2 Å². The fourth-order valence-corrected chi connectivity index (χ4v) is 4.56. The molecule has 0 aliphatic carbocycles. The van der Waals surface area contributed by atoms with E-state index >= 15 is 0 Å². The van der Waals surface area contributed by atoms with Crippen molar-refractivity contribution in [3.05, 3.63) is 78.9 Å². The summed E-state index contributed by atoms with van der Waals surface area (Å²) in [6.07, 6.45) is 0. The van der Waals surface area contributed by atoms with Gasteiger partial charge in [-0.1, -0.05) is 72.4 Å². The van der Waals surface area contributed by atoms with Gasteiger partial charge in [0, 0.05) is 11.3 Å². The summed E-state index contributed by atoms with van der Waals surface area (Å²) >= 11 is 3.09. The van der Waals surface area contributed by atoms with Gasteiger partial charge in [-0.3, -0.25) is 4.79 Å². The molecule has 5 heteroatoms. The lowest BCUT2D eigenvalue weighted by molar-refractivity contribution is -0.113. The SMILES string of the molecule is O=C(CSc1nc2ccccc2s1)Nc1ccccc1-c1ccccc1. The lowest BCUT2D eigenvalue weighted by atomic mass is 10.0. The summed E-state index contributed by atoms with van der Waals surface area (Å²) in [5, 5.41) is 3.03. The van der Waals surface area contributed by atoms with E-state index < -0.39 is 0 Å². The van der Waals surface area contributed by atoms with Crippen LogP contribution in [-0.2, 0) is 4.79 Å². The predicted molar refractivity (Wildman–Crippen MR) is 111 cm³/mol. The van der Waals surface area contributed by atoms with Crippen molar-refractivity contribution >= 4 is 44.9 Å². The van der Waals surface area contributed by atoms with E-state index in [-0.39, 0.29) is 5.91 Å². The fourth-order valence-electron chi connectivity index (χ4n) is 2.69. The lowest BCUT2D eigenvalue weighted by Crippen LogP contribution is -2.14. The minimum atomic E-state index is -0.0300. The Bertz CT molecular complexity index is 1010. The van der Waals surface area contributed by atoms with Crippen molar-refractivity contribution in [2.75, 3.05) is 11.1 Å². The second-order valence-corrected chi connectivity index (χ2v) is 7.95. The van der Waals surface area contributed by atoms with Gasteiger partial charge in [-0.2, -0.15) is 0 Å². The van der Waals surface area contributed by atoms with Crippen LogP contribution < -0.4 is 5.32 Å². The molecule has 0 aliphatic rings. The van der Waals surface area contributed by atoms with Crippen molar-refractivity contribution in [3.63, 3.8) is 0 Å². The Balaban J connectivity index is 1.45. The maximum Gasteiger partial charge on any atom is 0.234 e. The summed E-state index contributed by atoms with van der Waals surface area (Å²) in [6, 6.07) is 25.9. The Labute approximate surface area is 160 Å². The quantitative estimate of drug-likeness (QED) is 0.455. The largest absolute Gasteiger partial charge is 0.325 e. The molecular weight excluding hydrogens is 360 g/mol. The fraction of sp³-hybridized carbons (Fsp3) is 0.0476. The third-order valence-corrected chi connectivity index (χ3v) is 6.07. The number of carbonyl (C=O) groups is 1. The number of nitrogens with one attached hydrogen (secondary N) is 1. The normalized spacial score (nSPS) is 10.8. The van der Waals surface area contributed by atoms with E-state index in [1.807, 2.05) is 78.9 Å². The molecule has 4 aromatic rings. The molecule has 0 fully saturated rings. The molecule has 0 spiro atoms. The van der Waals surface area contributed by atoms with Gasteiger partial charge in [-0.15, -0.1) is 11.3 Å². The molecule has 1 amide bonds. The number of benzene rings is 3. The Hall–Kier alpha value is -2.63. The van der Waals surface area contributed by atoms with Crippen LogP contribution in [0.25, 0.3) is 21.3 Å². The number of hydrogen-bond donors (Lipinski definition) is 1. The smallest absolute Gasteiger partial charge is 0.234 e. The molecular formula is C21H16N2OS2. The number of fused-ring (bicyclic) bond motifs is 1. The molecule has 3 aromatic carbocycles. The Morgan fingerprint density at radius 3 is 2.50 bits per heavy atom. The maximum atomic E-state index is 12.4. The van der Waals surface area contributed by atoms with Crippen LogP contribution in [0.1, 0.15) is 0 Å². The van der Waals surface area contributed by atoms with E-state index in [1.165, 1.54) is 11.8 Å². The van der Waals surface area contributed by atoms with E-state index in [9.17, 15) is 4.79 Å². The minimum Gasteiger partial charge on any atom is -0.325 e. The second kappa shape index (κ2) is 7.72. The van der Waals surface area contributed by atoms with Gasteiger partial charge in [0.2, 0.25) is 5.91 Å². The first kappa shape index (κ1) is 16.8. The van der Waals surface area contributed by atoms with Crippen molar-refractivity contribution in [1.29, 1.82) is 0 Å². The second-order valence-electron chi connectivity index (χ2n) is 5.70. The van der Waals surface area contributed by atoms with E-state index in [1.54, 1.807) is 11.3 Å². The van der Waals surface area contributed by atoms with Crippen molar-refractivity contribution in [2.45, 2.75) is 4.34 Å². The van der Waals surface area contributed by atoms with Gasteiger partial charge in [0.25, 0.3) is 0 Å². The summed E-state index contributed by atoms with van der Waals surface area (Å²) < 4.78 is 2.06. The number of para-hydroxylation sites is 2. The van der Waals surface area contributed by atoms with Crippen molar-refractivity contribution in [3.8, 4) is 11.1 Å². The summed E-state index contributed by atoms with van der Waals surface area (Å²) in [7, 11) is 0. The molecule has 0 atom stereocenters. The van der Waals surface area contributed by atoms with E-state index in [0.717, 1.165) is 31.4 Å². The molecule has 0 unspecified atom stereocenters. The molecule has 4 rings (SSSR count). The number of amides is 1. The summed E-state index contributed by atoms with van der Waals surface area (Å²) in [5.41, 5.74) is 3.91. The zero-order chi connectivity index (χ0) is 17.8. The van der Waals surface area contributed by atoms with Gasteiger partial charge < -0.3 is 5.32 Å². The van der Waals surface area contributed by atoms with Gasteiger partial charge in [0.05, 0.1) is 16.0 Å². The van der Waals surface area contributed by atoms with Crippen molar-refractivity contribution < 1.29 is 4.79 Å². The first-order valence-corrected chi connectivity index (χ1v) is 10.0. The number of hydrogen-bond acceptors (Lipinski definition) is 4. The third-order valence-electron chi connectivity index (χ3n) is 3.89. The number of thioether (sulfide) groups is 1. The van der Waals surface area contributed by atoms with Crippen LogP contribution in [0, 0.1) is 0 Å². The third kappa shape index (κ3) is 3.79. The molecule has 128 valence electrons. The molecule has 1 N–H and O–H groups in total. The van der Waals surface area contributed by atoms with E-state index in [4.69, 9.17) is 0 Å². The Morgan fingerprint density at radius 2 is 1.65 bits per heavy atom. The van der Waals surface area contributed by atoms with Gasteiger partial charge in [0.1, 0.15) is 0 Å². The van der Waals surface area contributed by atoms with Crippen LogP contribution in [0.3, 0.4) is 0 Å². The van der Waals surface area contributed by atoms with Gasteiger partial charge in [-0.25, -0.2) is 4.98 Å². The number of carbonyl (C=O) groups excluding carboxylic acids is 1. The van der Waals surface area contributed by atoms with Gasteiger partial charge >= 0.3 is 0 Å². The van der Waals surface area contributed by atoms with Crippen molar-refractivity contribution in [2.24, 2.45) is 0 Å². The van der Waals surface area contributed by atoms with Crippen LogP contribution in [0.4, 0.5) is 5.69 Å². The van der Waals surface area contributed by atoms with Crippen LogP contribution >= 0.6 is 23.1 Å². The highest BCUT2D eigenvalue weighted by molar-refractivity contribution is 8.01. The van der Waals surface area contributed by atoms with E-state index in [2.05, 4.69) is 10.3 Å². The minimum absolute atomic E-state index is 0.0300. The number of nitrogens with zero attached hydrogens (tertiary/aromatic N) is 1. The molecule has 0 saturated carbocycles. The standard InChI is InChI=1S/C21H16N2OS2/c24-20(14-25-21-23-18-12-6-7-13-19(18)26-21)22-17-11-5-4-10-16(17)15-8-2-1-3-9-15/h1-13H,14H2,(H,22,24). The first-order chi connectivity index (χ1) is 12.8. The number of thiazole rings is 1. The topological polar surface area (TPSA) is 42.0 Å². The molecule has 0 bridgehead atoms. The monoisotopic (exact) mass is 376 g/mol. The molecule has 3 nitrogen and oxygen atoms in total. The van der Waals surface area contributed by atoms with E-state index in [0.29, 0.717) is 5.75 Å². The molecule has 1 heterocycles. The summed E-state index contributed by atoms with van der Waals surface area (Å²) in [5.74, 6) is 0.306. The molecule has 26 heavy (non-hydrogen) atoms. The Morgan fingerprint density at radius 1 is 0.923 bits per heavy atom. The highest BCUT2D eigenvalue weighted by Gasteiger charge is 2.10. The zero-order valence-electron chi connectivity index (χ0n) is 13.9. The molecule has 1 aromatic heterocycles. The van der Waals surface area contributed by atoms with Crippen LogP contribution in [-0.4, -0.2) is 16.6 Å². The molecule has 0 saturated heterocycles. The first-order valence-electron chi connectivity index (χ1n) is 8.22. The molecule has 0 radical (unpaired) electrons. The number of rotatable bonds is 5. The summed E-state index contributed by atoms with van der Waals surface area (Å²) in [6.45, 7) is 0.